The minimum Gasteiger partial charge on any atom is -0.497 e. The van der Waals surface area contributed by atoms with Crippen molar-refractivity contribution in [3.63, 3.8) is 0 Å². The Labute approximate surface area is 183 Å². The molecule has 170 valence electrons. The van der Waals surface area contributed by atoms with Gasteiger partial charge in [-0.1, -0.05) is 20.8 Å². The van der Waals surface area contributed by atoms with E-state index in [2.05, 4.69) is 31.4 Å². The fourth-order valence-electron chi connectivity index (χ4n) is 4.53. The van der Waals surface area contributed by atoms with Crippen LogP contribution in [-0.2, 0) is 16.1 Å². The highest BCUT2D eigenvalue weighted by molar-refractivity contribution is 6.09. The molecule has 0 radical (unpaired) electrons. The normalized spacial score (nSPS) is 23.6. The number of ether oxygens (including phenoxy) is 2. The Balaban J connectivity index is 1.59. The second kappa shape index (κ2) is 8.77. The monoisotopic (exact) mass is 431 g/mol. The van der Waals surface area contributed by atoms with Crippen LogP contribution in [0.4, 0.5) is 4.79 Å². The third-order valence-corrected chi connectivity index (χ3v) is 6.58. The number of amides is 4. The summed E-state index contributed by atoms with van der Waals surface area (Å²) in [6.45, 7) is 6.54. The van der Waals surface area contributed by atoms with E-state index < -0.39 is 17.5 Å². The first-order chi connectivity index (χ1) is 14.6. The second-order valence-electron chi connectivity index (χ2n) is 9.50. The van der Waals surface area contributed by atoms with Gasteiger partial charge in [0, 0.05) is 18.2 Å². The lowest BCUT2D eigenvalue weighted by atomic mass is 9.67. The van der Waals surface area contributed by atoms with E-state index in [9.17, 15) is 14.4 Å². The molecule has 0 atom stereocenters. The van der Waals surface area contributed by atoms with E-state index in [1.807, 2.05) is 0 Å². The molecule has 1 aromatic rings. The number of benzene rings is 1. The third-order valence-electron chi connectivity index (χ3n) is 6.58. The zero-order valence-corrected chi connectivity index (χ0v) is 19.0. The fraction of sp³-hybridized carbons (Fsp3) is 0.609. The highest BCUT2D eigenvalue weighted by atomic mass is 16.5. The van der Waals surface area contributed by atoms with Gasteiger partial charge in [0.2, 0.25) is 5.91 Å². The number of nitrogens with one attached hydrogen (secondary N) is 2. The predicted molar refractivity (Wildman–Crippen MR) is 116 cm³/mol. The number of urea groups is 1. The van der Waals surface area contributed by atoms with Crippen molar-refractivity contribution >= 4 is 17.8 Å². The lowest BCUT2D eigenvalue weighted by Crippen LogP contribution is -2.51. The van der Waals surface area contributed by atoms with Gasteiger partial charge in [0.05, 0.1) is 14.2 Å². The number of carbonyl (C=O) groups is 3. The van der Waals surface area contributed by atoms with E-state index in [4.69, 9.17) is 9.47 Å². The van der Waals surface area contributed by atoms with Gasteiger partial charge in [-0.05, 0) is 49.1 Å². The lowest BCUT2D eigenvalue weighted by molar-refractivity contribution is -0.136. The van der Waals surface area contributed by atoms with Gasteiger partial charge in [-0.2, -0.15) is 0 Å². The summed E-state index contributed by atoms with van der Waals surface area (Å²) in [6.07, 6.45) is 2.99. The van der Waals surface area contributed by atoms with Crippen molar-refractivity contribution in [1.82, 2.24) is 15.5 Å². The molecule has 2 N–H and O–H groups in total. The van der Waals surface area contributed by atoms with Gasteiger partial charge in [-0.15, -0.1) is 0 Å². The van der Waals surface area contributed by atoms with E-state index in [-0.39, 0.29) is 24.4 Å². The molecule has 1 aromatic carbocycles. The van der Waals surface area contributed by atoms with Crippen LogP contribution in [0.5, 0.6) is 11.5 Å². The predicted octanol–water partition coefficient (Wildman–Crippen LogP) is 2.85. The first-order valence-electron chi connectivity index (χ1n) is 10.7. The van der Waals surface area contributed by atoms with Crippen molar-refractivity contribution in [3.8, 4) is 11.5 Å². The van der Waals surface area contributed by atoms with E-state index >= 15 is 0 Å². The molecule has 8 nitrogen and oxygen atoms in total. The summed E-state index contributed by atoms with van der Waals surface area (Å²) in [4.78, 5) is 39.1. The highest BCUT2D eigenvalue weighted by Crippen LogP contribution is 2.43. The molecule has 1 heterocycles. The maximum absolute atomic E-state index is 13.1. The van der Waals surface area contributed by atoms with Crippen molar-refractivity contribution in [1.29, 1.82) is 0 Å². The molecule has 0 unspecified atom stereocenters. The summed E-state index contributed by atoms with van der Waals surface area (Å²) in [5.74, 6) is 1.06. The molecule has 1 aliphatic heterocycles. The van der Waals surface area contributed by atoms with Crippen LogP contribution in [0.2, 0.25) is 0 Å². The Kier molecular flexibility index (Phi) is 6.48. The quantitative estimate of drug-likeness (QED) is 0.675. The number of rotatable bonds is 6. The number of imide groups is 1. The number of nitrogens with zero attached hydrogens (tertiary/aromatic N) is 1. The number of methoxy groups -OCH3 is 2. The molecular formula is C23H33N3O5. The fourth-order valence-corrected chi connectivity index (χ4v) is 4.53. The van der Waals surface area contributed by atoms with Gasteiger partial charge >= 0.3 is 6.03 Å². The number of carbonyl (C=O) groups excluding carboxylic acids is 3. The Morgan fingerprint density at radius 3 is 2.45 bits per heavy atom. The molecule has 8 heteroatoms. The summed E-state index contributed by atoms with van der Waals surface area (Å²) >= 11 is 0. The highest BCUT2D eigenvalue weighted by Gasteiger charge is 2.53. The number of hydrogen-bond acceptors (Lipinski definition) is 5. The molecule has 0 bridgehead atoms. The van der Waals surface area contributed by atoms with E-state index in [1.165, 1.54) is 0 Å². The first-order valence-corrected chi connectivity index (χ1v) is 10.7. The average Bonchev–Trinajstić information content (AvgIpc) is 2.95. The Hall–Kier alpha value is -2.77. The summed E-state index contributed by atoms with van der Waals surface area (Å²) < 4.78 is 10.5. The van der Waals surface area contributed by atoms with E-state index in [0.717, 1.165) is 23.3 Å². The Morgan fingerprint density at radius 2 is 1.87 bits per heavy atom. The van der Waals surface area contributed by atoms with Crippen LogP contribution in [0.3, 0.4) is 0 Å². The lowest BCUT2D eigenvalue weighted by Gasteiger charge is -2.40. The van der Waals surface area contributed by atoms with E-state index in [0.29, 0.717) is 30.3 Å². The van der Waals surface area contributed by atoms with Gasteiger partial charge in [0.25, 0.3) is 5.91 Å². The van der Waals surface area contributed by atoms with Gasteiger partial charge in [0.1, 0.15) is 23.6 Å². The zero-order valence-electron chi connectivity index (χ0n) is 19.0. The van der Waals surface area contributed by atoms with Gasteiger partial charge in [-0.3, -0.25) is 14.5 Å². The van der Waals surface area contributed by atoms with Gasteiger partial charge in [-0.25, -0.2) is 4.79 Å². The standard InChI is InChI=1S/C23H33N3O5/c1-22(2,3)16-8-10-23(11-9-16)20(28)26(21(29)25-23)14-19(27)24-13-15-6-7-17(30-4)12-18(15)31-5/h6-7,12,16H,8-11,13-14H2,1-5H3,(H,24,27)(H,25,29). The van der Waals surface area contributed by atoms with Crippen molar-refractivity contribution in [2.24, 2.45) is 11.3 Å². The van der Waals surface area contributed by atoms with Crippen LogP contribution in [0.25, 0.3) is 0 Å². The average molecular weight is 432 g/mol. The van der Waals surface area contributed by atoms with Gasteiger partial charge < -0.3 is 20.1 Å². The summed E-state index contributed by atoms with van der Waals surface area (Å²) in [7, 11) is 3.11. The van der Waals surface area contributed by atoms with E-state index in [1.54, 1.807) is 32.4 Å². The second-order valence-corrected chi connectivity index (χ2v) is 9.50. The SMILES string of the molecule is COc1ccc(CNC(=O)CN2C(=O)NC3(CCC(C(C)(C)C)CC3)C2=O)c(OC)c1. The molecular weight excluding hydrogens is 398 g/mol. The zero-order chi connectivity index (χ0) is 22.8. The Bertz CT molecular complexity index is 853. The van der Waals surface area contributed by atoms with Crippen molar-refractivity contribution in [2.45, 2.75) is 58.5 Å². The molecule has 1 saturated carbocycles. The summed E-state index contributed by atoms with van der Waals surface area (Å²) in [6, 6.07) is 4.82. The molecule has 2 fully saturated rings. The molecule has 1 saturated heterocycles. The maximum atomic E-state index is 13.1. The molecule has 31 heavy (non-hydrogen) atoms. The molecule has 1 aliphatic carbocycles. The van der Waals surface area contributed by atoms with Crippen LogP contribution >= 0.6 is 0 Å². The molecule has 3 rings (SSSR count). The Morgan fingerprint density at radius 1 is 1.19 bits per heavy atom. The van der Waals surface area contributed by atoms with Crippen LogP contribution in [0.1, 0.15) is 52.0 Å². The van der Waals surface area contributed by atoms with Gasteiger partial charge in [0.15, 0.2) is 0 Å². The third kappa shape index (κ3) is 4.78. The molecule has 0 aromatic heterocycles. The first kappa shape index (κ1) is 22.9. The summed E-state index contributed by atoms with van der Waals surface area (Å²) in [5, 5.41) is 5.64. The van der Waals surface area contributed by atoms with Crippen LogP contribution in [0.15, 0.2) is 18.2 Å². The van der Waals surface area contributed by atoms with Crippen molar-refractivity contribution in [3.05, 3.63) is 23.8 Å². The smallest absolute Gasteiger partial charge is 0.325 e. The minimum absolute atomic E-state index is 0.176. The van der Waals surface area contributed by atoms with Crippen LogP contribution in [-0.4, -0.2) is 49.0 Å². The van der Waals surface area contributed by atoms with Crippen molar-refractivity contribution < 1.29 is 23.9 Å². The number of hydrogen-bond donors (Lipinski definition) is 2. The largest absolute Gasteiger partial charge is 0.497 e. The summed E-state index contributed by atoms with van der Waals surface area (Å²) in [5.41, 5.74) is 0.0824. The molecule has 2 aliphatic rings. The van der Waals surface area contributed by atoms with Crippen LogP contribution in [0, 0.1) is 11.3 Å². The topological polar surface area (TPSA) is 97.0 Å². The molecule has 4 amide bonds. The van der Waals surface area contributed by atoms with Crippen LogP contribution < -0.4 is 20.1 Å². The van der Waals surface area contributed by atoms with Crippen molar-refractivity contribution in [2.75, 3.05) is 20.8 Å². The maximum Gasteiger partial charge on any atom is 0.325 e. The minimum atomic E-state index is -0.863. The molecule has 1 spiro atoms.